The second-order valence-electron chi connectivity index (χ2n) is 7.25. The van der Waals surface area contributed by atoms with Gasteiger partial charge in [-0.2, -0.15) is 0 Å². The molecule has 0 atom stereocenters. The third kappa shape index (κ3) is 4.49. The molecule has 0 saturated carbocycles. The van der Waals surface area contributed by atoms with Crippen LogP contribution < -0.4 is 15.0 Å². The number of hydrogen-bond acceptors (Lipinski definition) is 5. The van der Waals surface area contributed by atoms with Crippen LogP contribution in [-0.4, -0.2) is 43.8 Å². The van der Waals surface area contributed by atoms with Gasteiger partial charge < -0.3 is 19.7 Å². The Kier molecular flexibility index (Phi) is 5.62. The van der Waals surface area contributed by atoms with Crippen LogP contribution in [0.15, 0.2) is 48.5 Å². The van der Waals surface area contributed by atoms with Gasteiger partial charge in [-0.15, -0.1) is 0 Å². The lowest BCUT2D eigenvalue weighted by atomic mass is 10.1. The SMILES string of the molecule is Cc1ccc(C)c(NC(=O)COc2cccc3ccc(N4CCOCC4)nc23)c1. The van der Waals surface area contributed by atoms with E-state index in [0.717, 1.165) is 46.6 Å². The molecule has 3 aromatic rings. The number of rotatable bonds is 5. The highest BCUT2D eigenvalue weighted by molar-refractivity contribution is 5.93. The molecule has 6 heteroatoms. The van der Waals surface area contributed by atoms with Gasteiger partial charge in [0.2, 0.25) is 0 Å². The molecule has 6 nitrogen and oxygen atoms in total. The quantitative estimate of drug-likeness (QED) is 0.718. The fourth-order valence-electron chi connectivity index (χ4n) is 3.39. The summed E-state index contributed by atoms with van der Waals surface area (Å²) < 4.78 is 11.3. The summed E-state index contributed by atoms with van der Waals surface area (Å²) >= 11 is 0. The van der Waals surface area contributed by atoms with Crippen LogP contribution in [0.25, 0.3) is 10.9 Å². The average molecular weight is 391 g/mol. The number of amides is 1. The predicted octanol–water partition coefficient (Wildman–Crippen LogP) is 3.71. The van der Waals surface area contributed by atoms with Crippen molar-refractivity contribution in [2.45, 2.75) is 13.8 Å². The van der Waals surface area contributed by atoms with Crippen molar-refractivity contribution in [3.05, 3.63) is 59.7 Å². The molecule has 0 spiro atoms. The predicted molar refractivity (Wildman–Crippen MR) is 115 cm³/mol. The van der Waals surface area contributed by atoms with Crippen LogP contribution in [0.2, 0.25) is 0 Å². The Morgan fingerprint density at radius 3 is 2.79 bits per heavy atom. The number of carbonyl (C=O) groups excluding carboxylic acids is 1. The van der Waals surface area contributed by atoms with Crippen LogP contribution in [-0.2, 0) is 9.53 Å². The number of pyridine rings is 1. The summed E-state index contributed by atoms with van der Waals surface area (Å²) in [4.78, 5) is 19.4. The summed E-state index contributed by atoms with van der Waals surface area (Å²) in [7, 11) is 0. The van der Waals surface area contributed by atoms with Gasteiger partial charge in [0.15, 0.2) is 6.61 Å². The molecule has 0 unspecified atom stereocenters. The van der Waals surface area contributed by atoms with Crippen molar-refractivity contribution in [1.29, 1.82) is 0 Å². The molecule has 1 aliphatic heterocycles. The number of para-hydroxylation sites is 1. The Morgan fingerprint density at radius 2 is 1.97 bits per heavy atom. The van der Waals surface area contributed by atoms with Crippen LogP contribution in [0.4, 0.5) is 11.5 Å². The molecule has 2 aromatic carbocycles. The van der Waals surface area contributed by atoms with Crippen LogP contribution in [0.1, 0.15) is 11.1 Å². The maximum Gasteiger partial charge on any atom is 0.262 e. The van der Waals surface area contributed by atoms with Crippen LogP contribution in [0, 0.1) is 13.8 Å². The first-order chi connectivity index (χ1) is 14.1. The number of benzene rings is 2. The van der Waals surface area contributed by atoms with E-state index in [1.165, 1.54) is 0 Å². The van der Waals surface area contributed by atoms with E-state index in [9.17, 15) is 4.79 Å². The van der Waals surface area contributed by atoms with E-state index in [-0.39, 0.29) is 12.5 Å². The molecule has 1 aliphatic rings. The largest absolute Gasteiger partial charge is 0.481 e. The standard InChI is InChI=1S/C23H25N3O3/c1-16-6-7-17(2)19(14-16)24-22(27)15-29-20-5-3-4-18-8-9-21(25-23(18)20)26-10-12-28-13-11-26/h3-9,14H,10-13,15H2,1-2H3,(H,24,27). The third-order valence-corrected chi connectivity index (χ3v) is 5.03. The van der Waals surface area contributed by atoms with E-state index in [0.29, 0.717) is 19.0 Å². The molecule has 1 aromatic heterocycles. The van der Waals surface area contributed by atoms with E-state index in [2.05, 4.69) is 10.2 Å². The molecule has 0 aliphatic carbocycles. The lowest BCUT2D eigenvalue weighted by molar-refractivity contribution is -0.118. The van der Waals surface area contributed by atoms with Crippen LogP contribution in [0.5, 0.6) is 5.75 Å². The van der Waals surface area contributed by atoms with Crippen molar-refractivity contribution in [1.82, 2.24) is 4.98 Å². The van der Waals surface area contributed by atoms with Crippen molar-refractivity contribution >= 4 is 28.3 Å². The fourth-order valence-corrected chi connectivity index (χ4v) is 3.39. The molecule has 1 N–H and O–H groups in total. The van der Waals surface area contributed by atoms with Gasteiger partial charge in [0.25, 0.3) is 5.91 Å². The van der Waals surface area contributed by atoms with E-state index < -0.39 is 0 Å². The topological polar surface area (TPSA) is 63.7 Å². The van der Waals surface area contributed by atoms with Crippen molar-refractivity contribution in [2.75, 3.05) is 43.1 Å². The van der Waals surface area contributed by atoms with Gasteiger partial charge in [-0.05, 0) is 49.2 Å². The third-order valence-electron chi connectivity index (χ3n) is 5.03. The molecule has 0 radical (unpaired) electrons. The molecule has 2 heterocycles. The molecule has 150 valence electrons. The first-order valence-corrected chi connectivity index (χ1v) is 9.82. The normalized spacial score (nSPS) is 14.1. The zero-order valence-electron chi connectivity index (χ0n) is 16.8. The minimum Gasteiger partial charge on any atom is -0.481 e. The Balaban J connectivity index is 1.49. The maximum absolute atomic E-state index is 12.4. The summed E-state index contributed by atoms with van der Waals surface area (Å²) in [6.07, 6.45) is 0. The monoisotopic (exact) mass is 391 g/mol. The van der Waals surface area contributed by atoms with Crippen molar-refractivity contribution in [3.8, 4) is 5.75 Å². The fraction of sp³-hybridized carbons (Fsp3) is 0.304. The summed E-state index contributed by atoms with van der Waals surface area (Å²) in [6.45, 7) is 6.94. The summed E-state index contributed by atoms with van der Waals surface area (Å²) in [5.74, 6) is 1.31. The molecule has 1 fully saturated rings. The van der Waals surface area contributed by atoms with E-state index in [4.69, 9.17) is 14.5 Å². The maximum atomic E-state index is 12.4. The second kappa shape index (κ2) is 8.49. The number of aryl methyl sites for hydroxylation is 2. The van der Waals surface area contributed by atoms with Crippen LogP contribution >= 0.6 is 0 Å². The average Bonchev–Trinajstić information content (AvgIpc) is 2.75. The molecule has 4 rings (SSSR count). The number of morpholine rings is 1. The zero-order chi connectivity index (χ0) is 20.2. The first-order valence-electron chi connectivity index (χ1n) is 9.82. The lowest BCUT2D eigenvalue weighted by Gasteiger charge is -2.28. The smallest absolute Gasteiger partial charge is 0.262 e. The van der Waals surface area contributed by atoms with Gasteiger partial charge in [-0.1, -0.05) is 24.3 Å². The van der Waals surface area contributed by atoms with Gasteiger partial charge >= 0.3 is 0 Å². The van der Waals surface area contributed by atoms with Gasteiger partial charge in [0.05, 0.1) is 13.2 Å². The molecule has 0 bridgehead atoms. The van der Waals surface area contributed by atoms with Crippen molar-refractivity contribution in [3.63, 3.8) is 0 Å². The Morgan fingerprint density at radius 1 is 1.14 bits per heavy atom. The number of nitrogens with one attached hydrogen (secondary N) is 1. The highest BCUT2D eigenvalue weighted by Gasteiger charge is 2.14. The lowest BCUT2D eigenvalue weighted by Crippen LogP contribution is -2.36. The second-order valence-corrected chi connectivity index (χ2v) is 7.25. The first kappa shape index (κ1) is 19.2. The number of hydrogen-bond donors (Lipinski definition) is 1. The molecule has 29 heavy (non-hydrogen) atoms. The van der Waals surface area contributed by atoms with E-state index >= 15 is 0 Å². The highest BCUT2D eigenvalue weighted by atomic mass is 16.5. The zero-order valence-corrected chi connectivity index (χ0v) is 16.8. The van der Waals surface area contributed by atoms with Gasteiger partial charge in [-0.3, -0.25) is 4.79 Å². The van der Waals surface area contributed by atoms with Crippen molar-refractivity contribution < 1.29 is 14.3 Å². The molecular weight excluding hydrogens is 366 g/mol. The summed E-state index contributed by atoms with van der Waals surface area (Å²) in [5, 5.41) is 3.91. The summed E-state index contributed by atoms with van der Waals surface area (Å²) in [5.41, 5.74) is 3.69. The van der Waals surface area contributed by atoms with E-state index in [1.807, 2.05) is 62.4 Å². The van der Waals surface area contributed by atoms with E-state index in [1.54, 1.807) is 0 Å². The number of nitrogens with zero attached hydrogens (tertiary/aromatic N) is 2. The molecule has 1 saturated heterocycles. The van der Waals surface area contributed by atoms with Gasteiger partial charge in [0.1, 0.15) is 17.1 Å². The Labute approximate surface area is 170 Å². The number of ether oxygens (including phenoxy) is 2. The highest BCUT2D eigenvalue weighted by Crippen LogP contribution is 2.27. The Bertz CT molecular complexity index is 1030. The number of fused-ring (bicyclic) bond motifs is 1. The van der Waals surface area contributed by atoms with Crippen LogP contribution in [0.3, 0.4) is 0 Å². The summed E-state index contributed by atoms with van der Waals surface area (Å²) in [6, 6.07) is 15.8. The van der Waals surface area contributed by atoms with Crippen molar-refractivity contribution in [2.24, 2.45) is 0 Å². The minimum absolute atomic E-state index is 0.0735. The number of aromatic nitrogens is 1. The number of carbonyl (C=O) groups is 1. The minimum atomic E-state index is -0.194. The Hall–Kier alpha value is -3.12. The number of anilines is 2. The van der Waals surface area contributed by atoms with Gasteiger partial charge in [0, 0.05) is 24.2 Å². The van der Waals surface area contributed by atoms with Gasteiger partial charge in [-0.25, -0.2) is 4.98 Å². The molecule has 1 amide bonds. The molecular formula is C23H25N3O3.